The minimum absolute atomic E-state index is 0.113. The predicted octanol–water partition coefficient (Wildman–Crippen LogP) is 2.74. The number of halogens is 1. The second-order valence-electron chi connectivity index (χ2n) is 6.46. The van der Waals surface area contributed by atoms with Gasteiger partial charge in [-0.2, -0.15) is 0 Å². The number of nitrogens with zero attached hydrogens (tertiary/aromatic N) is 1. The molecule has 2 aromatic rings. The van der Waals surface area contributed by atoms with E-state index in [0.29, 0.717) is 13.0 Å². The summed E-state index contributed by atoms with van der Waals surface area (Å²) < 4.78 is 44.0. The number of methoxy groups -OCH3 is 1. The molecule has 0 unspecified atom stereocenters. The molecule has 0 aromatic heterocycles. The van der Waals surface area contributed by atoms with Crippen molar-refractivity contribution in [3.05, 3.63) is 59.9 Å². The summed E-state index contributed by atoms with van der Waals surface area (Å²) in [6.45, 7) is 1.87. The number of rotatable bonds is 9. The van der Waals surface area contributed by atoms with Crippen molar-refractivity contribution in [2.24, 2.45) is 0 Å². The Hall–Kier alpha value is -2.61. The molecule has 0 radical (unpaired) electrons. The number of hydrogen-bond donors (Lipinski definition) is 1. The minimum atomic E-state index is -3.77. The van der Waals surface area contributed by atoms with E-state index < -0.39 is 27.8 Å². The largest absolute Gasteiger partial charge is 0.497 e. The first-order valence-electron chi connectivity index (χ1n) is 8.88. The molecule has 0 saturated heterocycles. The molecule has 0 fully saturated rings. The highest BCUT2D eigenvalue weighted by atomic mass is 32.2. The lowest BCUT2D eigenvalue weighted by Crippen LogP contribution is -2.48. The van der Waals surface area contributed by atoms with Gasteiger partial charge in [-0.3, -0.25) is 9.10 Å². The lowest BCUT2D eigenvalue weighted by atomic mass is 10.1. The molecule has 0 bridgehead atoms. The number of aryl methyl sites for hydroxylation is 1. The normalized spacial score (nSPS) is 12.3. The van der Waals surface area contributed by atoms with Gasteiger partial charge in [-0.05, 0) is 55.7 Å². The third-order valence-electron chi connectivity index (χ3n) is 4.23. The van der Waals surface area contributed by atoms with Crippen LogP contribution in [0.1, 0.15) is 18.9 Å². The molecule has 0 spiro atoms. The molecule has 0 saturated carbocycles. The Labute approximate surface area is 165 Å². The predicted molar refractivity (Wildman–Crippen MR) is 108 cm³/mol. The zero-order valence-electron chi connectivity index (χ0n) is 16.2. The van der Waals surface area contributed by atoms with Crippen molar-refractivity contribution in [3.8, 4) is 5.75 Å². The quantitative estimate of drug-likeness (QED) is 0.648. The van der Waals surface area contributed by atoms with Gasteiger partial charge in [0.2, 0.25) is 15.9 Å². The number of amides is 1. The van der Waals surface area contributed by atoms with Gasteiger partial charge in [-0.1, -0.05) is 18.2 Å². The third kappa shape index (κ3) is 5.95. The summed E-state index contributed by atoms with van der Waals surface area (Å²) in [7, 11) is -2.16. The van der Waals surface area contributed by atoms with E-state index in [2.05, 4.69) is 5.32 Å². The first-order valence-corrected chi connectivity index (χ1v) is 10.7. The van der Waals surface area contributed by atoms with Crippen LogP contribution in [-0.2, 0) is 21.2 Å². The van der Waals surface area contributed by atoms with E-state index in [9.17, 15) is 17.6 Å². The molecule has 152 valence electrons. The molecule has 1 atom stereocenters. The van der Waals surface area contributed by atoms with E-state index >= 15 is 0 Å². The van der Waals surface area contributed by atoms with Crippen molar-refractivity contribution in [3.63, 3.8) is 0 Å². The molecule has 0 aliphatic carbocycles. The lowest BCUT2D eigenvalue weighted by molar-refractivity contribution is -0.121. The number of anilines is 1. The van der Waals surface area contributed by atoms with Gasteiger partial charge in [-0.15, -0.1) is 0 Å². The van der Waals surface area contributed by atoms with Crippen molar-refractivity contribution in [1.82, 2.24) is 5.32 Å². The summed E-state index contributed by atoms with van der Waals surface area (Å²) >= 11 is 0. The molecule has 0 heterocycles. The van der Waals surface area contributed by atoms with Crippen LogP contribution in [0.5, 0.6) is 5.75 Å². The highest BCUT2D eigenvalue weighted by Gasteiger charge is 2.29. The van der Waals surface area contributed by atoms with Crippen molar-refractivity contribution >= 4 is 21.6 Å². The van der Waals surface area contributed by atoms with Gasteiger partial charge < -0.3 is 10.1 Å². The van der Waals surface area contributed by atoms with Crippen molar-refractivity contribution in [2.45, 2.75) is 25.8 Å². The number of carbonyl (C=O) groups excluding carboxylic acids is 1. The Bertz CT molecular complexity index is 918. The van der Waals surface area contributed by atoms with Gasteiger partial charge in [0.25, 0.3) is 0 Å². The van der Waals surface area contributed by atoms with Crippen LogP contribution in [0.25, 0.3) is 0 Å². The molecular weight excluding hydrogens is 383 g/mol. The standard InChI is InChI=1S/C20H25FN2O4S/c1-15(23(28(3,25)26)18-10-5-9-17(21)14-18)20(24)22-12-6-8-16-7-4-11-19(13-16)27-2/h4-5,7,9-11,13-15H,6,8,12H2,1-3H3,(H,22,24)/t15-/m1/s1. The number of hydrogen-bond acceptors (Lipinski definition) is 4. The monoisotopic (exact) mass is 408 g/mol. The van der Waals surface area contributed by atoms with E-state index in [1.54, 1.807) is 7.11 Å². The maximum atomic E-state index is 13.5. The average Bonchev–Trinajstić information content (AvgIpc) is 2.64. The minimum Gasteiger partial charge on any atom is -0.497 e. The van der Waals surface area contributed by atoms with Crippen LogP contribution in [0.3, 0.4) is 0 Å². The number of ether oxygens (including phenoxy) is 1. The molecule has 28 heavy (non-hydrogen) atoms. The zero-order chi connectivity index (χ0) is 20.7. The van der Waals surface area contributed by atoms with Crippen LogP contribution in [0.15, 0.2) is 48.5 Å². The van der Waals surface area contributed by atoms with Crippen LogP contribution in [0, 0.1) is 5.82 Å². The maximum absolute atomic E-state index is 13.5. The number of carbonyl (C=O) groups is 1. The molecule has 1 amide bonds. The van der Waals surface area contributed by atoms with E-state index in [0.717, 1.165) is 34.4 Å². The molecule has 8 heteroatoms. The molecule has 2 aromatic carbocycles. The van der Waals surface area contributed by atoms with Gasteiger partial charge in [-0.25, -0.2) is 12.8 Å². The molecule has 0 aliphatic heterocycles. The topological polar surface area (TPSA) is 75.7 Å². The maximum Gasteiger partial charge on any atom is 0.243 e. The Balaban J connectivity index is 1.97. The van der Waals surface area contributed by atoms with Crippen LogP contribution in [-0.4, -0.2) is 40.3 Å². The molecule has 6 nitrogen and oxygen atoms in total. The summed E-state index contributed by atoms with van der Waals surface area (Å²) in [5.41, 5.74) is 1.20. The average molecular weight is 408 g/mol. The van der Waals surface area contributed by atoms with Gasteiger partial charge in [0, 0.05) is 6.54 Å². The first kappa shape index (κ1) is 21.7. The Morgan fingerprint density at radius 1 is 1.21 bits per heavy atom. The Morgan fingerprint density at radius 2 is 1.93 bits per heavy atom. The van der Waals surface area contributed by atoms with Crippen molar-refractivity contribution in [1.29, 1.82) is 0 Å². The molecule has 2 rings (SSSR count). The fraction of sp³-hybridized carbons (Fsp3) is 0.350. The van der Waals surface area contributed by atoms with Crippen LogP contribution in [0.4, 0.5) is 10.1 Å². The van der Waals surface area contributed by atoms with E-state index in [1.165, 1.54) is 25.1 Å². The summed E-state index contributed by atoms with van der Waals surface area (Å²) in [5.74, 6) is -0.244. The van der Waals surface area contributed by atoms with Crippen LogP contribution < -0.4 is 14.4 Å². The van der Waals surface area contributed by atoms with Crippen LogP contribution >= 0.6 is 0 Å². The fourth-order valence-electron chi connectivity index (χ4n) is 2.90. The smallest absolute Gasteiger partial charge is 0.243 e. The zero-order valence-corrected chi connectivity index (χ0v) is 17.0. The molecule has 0 aliphatic rings. The third-order valence-corrected chi connectivity index (χ3v) is 5.47. The number of sulfonamides is 1. The number of nitrogens with one attached hydrogen (secondary N) is 1. The first-order chi connectivity index (χ1) is 13.2. The van der Waals surface area contributed by atoms with E-state index in [-0.39, 0.29) is 5.69 Å². The Morgan fingerprint density at radius 3 is 2.57 bits per heavy atom. The second-order valence-corrected chi connectivity index (χ2v) is 8.32. The summed E-state index contributed by atoms with van der Waals surface area (Å²) in [5, 5.41) is 2.75. The fourth-order valence-corrected chi connectivity index (χ4v) is 4.07. The highest BCUT2D eigenvalue weighted by molar-refractivity contribution is 7.92. The molecule has 1 N–H and O–H groups in total. The molecular formula is C20H25FN2O4S. The Kier molecular flexibility index (Phi) is 7.39. The van der Waals surface area contributed by atoms with Crippen LogP contribution in [0.2, 0.25) is 0 Å². The summed E-state index contributed by atoms with van der Waals surface area (Å²) in [6, 6.07) is 11.8. The van der Waals surface area contributed by atoms with Gasteiger partial charge >= 0.3 is 0 Å². The van der Waals surface area contributed by atoms with E-state index in [1.807, 2.05) is 24.3 Å². The van der Waals surface area contributed by atoms with Gasteiger partial charge in [0.1, 0.15) is 17.6 Å². The van der Waals surface area contributed by atoms with Gasteiger partial charge in [0.05, 0.1) is 19.1 Å². The summed E-state index contributed by atoms with van der Waals surface area (Å²) in [6.07, 6.45) is 2.42. The second kappa shape index (κ2) is 9.54. The van der Waals surface area contributed by atoms with Gasteiger partial charge in [0.15, 0.2) is 0 Å². The summed E-state index contributed by atoms with van der Waals surface area (Å²) in [4.78, 5) is 12.5. The lowest BCUT2D eigenvalue weighted by Gasteiger charge is -2.28. The number of benzene rings is 2. The van der Waals surface area contributed by atoms with Crippen molar-refractivity contribution in [2.75, 3.05) is 24.2 Å². The van der Waals surface area contributed by atoms with E-state index in [4.69, 9.17) is 4.74 Å². The SMILES string of the molecule is COc1cccc(CCCNC(=O)[C@@H](C)N(c2cccc(F)c2)S(C)(=O)=O)c1. The highest BCUT2D eigenvalue weighted by Crippen LogP contribution is 2.21. The van der Waals surface area contributed by atoms with Crippen molar-refractivity contribution < 1.29 is 22.3 Å².